The van der Waals surface area contributed by atoms with Crippen LogP contribution in [0.1, 0.15) is 22.2 Å². The van der Waals surface area contributed by atoms with Crippen LogP contribution in [-0.2, 0) is 4.79 Å². The van der Waals surface area contributed by atoms with Gasteiger partial charge in [-0.2, -0.15) is 10.3 Å². The van der Waals surface area contributed by atoms with E-state index in [1.54, 1.807) is 41.8 Å². The first-order valence-corrected chi connectivity index (χ1v) is 10.5. The average Bonchev–Trinajstić information content (AvgIpc) is 3.33. The molecule has 1 N–H and O–H groups in total. The lowest BCUT2D eigenvalue weighted by molar-refractivity contribution is -0.123. The molecule has 7 nitrogen and oxygen atoms in total. The second-order valence-corrected chi connectivity index (χ2v) is 8.14. The monoisotopic (exact) mass is 445 g/mol. The number of nitrogens with one attached hydrogen (secondary N) is 1. The summed E-state index contributed by atoms with van der Waals surface area (Å²) in [6, 6.07) is 10.5. The summed E-state index contributed by atoms with van der Waals surface area (Å²) in [4.78, 5) is 25.8. The summed E-state index contributed by atoms with van der Waals surface area (Å²) < 4.78 is 11.1. The van der Waals surface area contributed by atoms with Gasteiger partial charge in [-0.25, -0.2) is 0 Å². The summed E-state index contributed by atoms with van der Waals surface area (Å²) in [6.45, 7) is 2.16. The first kappa shape index (κ1) is 20.9. The van der Waals surface area contributed by atoms with E-state index in [0.717, 1.165) is 16.8 Å². The maximum absolute atomic E-state index is 12.7. The van der Waals surface area contributed by atoms with Gasteiger partial charge in [0.25, 0.3) is 11.8 Å². The zero-order chi connectivity index (χ0) is 20.8. The minimum absolute atomic E-state index is 0.0952. The van der Waals surface area contributed by atoms with Crippen LogP contribution in [0.4, 0.5) is 0 Å². The molecular formula is C19H15N3O4S3. The molecule has 29 heavy (non-hydrogen) atoms. The fourth-order valence-corrected chi connectivity index (χ4v) is 4.18. The third-order valence-corrected chi connectivity index (χ3v) is 5.78. The van der Waals surface area contributed by atoms with Crippen molar-refractivity contribution >= 4 is 57.5 Å². The molecule has 10 heteroatoms. The number of thioether (sulfide) groups is 1. The highest BCUT2D eigenvalue weighted by molar-refractivity contribution is 8.26. The number of nitriles is 1. The van der Waals surface area contributed by atoms with Crippen molar-refractivity contribution in [3.63, 3.8) is 0 Å². The van der Waals surface area contributed by atoms with Crippen LogP contribution in [0, 0.1) is 11.3 Å². The number of hydrazine groups is 1. The molecular weight excluding hydrogens is 430 g/mol. The number of thiocarbonyl (C=S) groups is 1. The largest absolute Gasteiger partial charge is 0.490 e. The fourth-order valence-electron chi connectivity index (χ4n) is 2.39. The van der Waals surface area contributed by atoms with Crippen LogP contribution < -0.4 is 14.9 Å². The van der Waals surface area contributed by atoms with Crippen molar-refractivity contribution in [3.8, 4) is 17.6 Å². The first-order valence-electron chi connectivity index (χ1n) is 8.42. The summed E-state index contributed by atoms with van der Waals surface area (Å²) in [5, 5.41) is 11.5. The van der Waals surface area contributed by atoms with E-state index in [1.165, 1.54) is 11.3 Å². The molecule has 0 bridgehead atoms. The van der Waals surface area contributed by atoms with Crippen molar-refractivity contribution in [2.24, 2.45) is 0 Å². The van der Waals surface area contributed by atoms with E-state index in [1.807, 2.05) is 13.0 Å². The highest BCUT2D eigenvalue weighted by atomic mass is 32.2. The number of hydrogen-bond donors (Lipinski definition) is 1. The maximum Gasteiger partial charge on any atom is 0.285 e. The second-order valence-electron chi connectivity index (χ2n) is 5.52. The van der Waals surface area contributed by atoms with E-state index in [-0.39, 0.29) is 10.9 Å². The third-order valence-electron chi connectivity index (χ3n) is 3.61. The molecule has 1 aliphatic heterocycles. The van der Waals surface area contributed by atoms with Crippen LogP contribution in [0.3, 0.4) is 0 Å². The lowest BCUT2D eigenvalue weighted by atomic mass is 10.2. The molecule has 1 aliphatic rings. The number of carbonyl (C=O) groups excluding carboxylic acids is 2. The smallest absolute Gasteiger partial charge is 0.285 e. The Balaban J connectivity index is 1.79. The van der Waals surface area contributed by atoms with Crippen molar-refractivity contribution in [1.29, 1.82) is 5.26 Å². The highest BCUT2D eigenvalue weighted by Crippen LogP contribution is 2.34. The Bertz CT molecular complexity index is 1010. The fraction of sp³-hybridized carbons (Fsp3) is 0.158. The molecule has 2 heterocycles. The van der Waals surface area contributed by atoms with Crippen LogP contribution in [0.25, 0.3) is 6.08 Å². The van der Waals surface area contributed by atoms with E-state index in [4.69, 9.17) is 27.0 Å². The van der Waals surface area contributed by atoms with Crippen LogP contribution in [0.5, 0.6) is 11.5 Å². The van der Waals surface area contributed by atoms with Crippen LogP contribution in [0.15, 0.2) is 40.6 Å². The van der Waals surface area contributed by atoms with E-state index >= 15 is 0 Å². The second kappa shape index (κ2) is 9.56. The lowest BCUT2D eigenvalue weighted by Gasteiger charge is -2.14. The van der Waals surface area contributed by atoms with Crippen molar-refractivity contribution in [2.45, 2.75) is 6.92 Å². The zero-order valence-electron chi connectivity index (χ0n) is 15.2. The van der Waals surface area contributed by atoms with Crippen molar-refractivity contribution in [2.75, 3.05) is 13.2 Å². The van der Waals surface area contributed by atoms with Gasteiger partial charge in [-0.1, -0.05) is 23.9 Å². The Kier molecular flexibility index (Phi) is 6.87. The topological polar surface area (TPSA) is 91.7 Å². The van der Waals surface area contributed by atoms with Gasteiger partial charge in [0.05, 0.1) is 16.4 Å². The number of carbonyl (C=O) groups is 2. The molecule has 1 aromatic heterocycles. The van der Waals surface area contributed by atoms with E-state index in [0.29, 0.717) is 33.5 Å². The lowest BCUT2D eigenvalue weighted by Crippen LogP contribution is -2.44. The third kappa shape index (κ3) is 4.95. The standard InChI is InChI=1S/C19H15N3O4S3/c1-2-25-14-10-12(5-6-13(14)26-8-7-20)11-16-18(24)22(19(27)29-16)21-17(23)15-4-3-9-28-15/h3-6,9-11H,2,8H2,1H3,(H,21,23)/b16-11-. The molecule has 0 saturated carbocycles. The predicted octanol–water partition coefficient (Wildman–Crippen LogP) is 3.60. The van der Waals surface area contributed by atoms with Gasteiger partial charge >= 0.3 is 0 Å². The van der Waals surface area contributed by atoms with Crippen molar-refractivity contribution < 1.29 is 19.1 Å². The number of thiophene rings is 1. The average molecular weight is 446 g/mol. The molecule has 2 amide bonds. The first-order chi connectivity index (χ1) is 14.0. The number of benzene rings is 1. The van der Waals surface area contributed by atoms with Gasteiger partial charge in [0.1, 0.15) is 6.07 Å². The quantitative estimate of drug-likeness (QED) is 0.514. The van der Waals surface area contributed by atoms with Crippen LogP contribution >= 0.6 is 35.3 Å². The maximum atomic E-state index is 12.7. The van der Waals surface area contributed by atoms with Gasteiger partial charge in [-0.3, -0.25) is 15.0 Å². The Labute approximate surface area is 180 Å². The number of rotatable bonds is 7. The minimum atomic E-state index is -0.410. The summed E-state index contributed by atoms with van der Waals surface area (Å²) in [5.41, 5.74) is 3.23. The summed E-state index contributed by atoms with van der Waals surface area (Å²) in [5.74, 6) is 0.113. The Morgan fingerprint density at radius 1 is 1.34 bits per heavy atom. The summed E-state index contributed by atoms with van der Waals surface area (Å²) in [6.07, 6.45) is 1.66. The van der Waals surface area contributed by atoms with Gasteiger partial charge in [0.2, 0.25) is 0 Å². The van der Waals surface area contributed by atoms with Crippen molar-refractivity contribution in [3.05, 3.63) is 51.1 Å². The molecule has 1 fully saturated rings. The summed E-state index contributed by atoms with van der Waals surface area (Å²) >= 11 is 7.60. The van der Waals surface area contributed by atoms with E-state index in [9.17, 15) is 9.59 Å². The Morgan fingerprint density at radius 3 is 2.86 bits per heavy atom. The van der Waals surface area contributed by atoms with Crippen LogP contribution in [-0.4, -0.2) is 34.4 Å². The Morgan fingerprint density at radius 2 is 2.17 bits per heavy atom. The molecule has 0 spiro atoms. The predicted molar refractivity (Wildman–Crippen MR) is 116 cm³/mol. The molecule has 3 rings (SSSR count). The SMILES string of the molecule is CCOc1cc(/C=C2\SC(=S)N(NC(=O)c3cccs3)C2=O)ccc1OCC#N. The molecule has 0 aliphatic carbocycles. The molecule has 1 saturated heterocycles. The zero-order valence-corrected chi connectivity index (χ0v) is 17.7. The number of amides is 2. The minimum Gasteiger partial charge on any atom is -0.490 e. The summed E-state index contributed by atoms with van der Waals surface area (Å²) in [7, 11) is 0. The Hall–Kier alpha value is -2.87. The van der Waals surface area contributed by atoms with Gasteiger partial charge in [0.15, 0.2) is 22.4 Å². The number of hydrogen-bond acceptors (Lipinski definition) is 8. The van der Waals surface area contributed by atoms with Gasteiger partial charge in [-0.15, -0.1) is 11.3 Å². The van der Waals surface area contributed by atoms with Gasteiger partial charge in [0, 0.05) is 0 Å². The normalized spacial score (nSPS) is 14.8. The molecule has 0 unspecified atom stereocenters. The van der Waals surface area contributed by atoms with E-state index in [2.05, 4.69) is 5.43 Å². The number of ether oxygens (including phenoxy) is 2. The molecule has 0 atom stereocenters. The molecule has 0 radical (unpaired) electrons. The molecule has 2 aromatic rings. The van der Waals surface area contributed by atoms with Gasteiger partial charge < -0.3 is 9.47 Å². The molecule has 1 aromatic carbocycles. The van der Waals surface area contributed by atoms with Crippen LogP contribution in [0.2, 0.25) is 0 Å². The van der Waals surface area contributed by atoms with Crippen molar-refractivity contribution in [1.82, 2.24) is 10.4 Å². The van der Waals surface area contributed by atoms with E-state index < -0.39 is 11.8 Å². The van der Waals surface area contributed by atoms with Gasteiger partial charge in [-0.05, 0) is 54.4 Å². The highest BCUT2D eigenvalue weighted by Gasteiger charge is 2.34. The molecule has 148 valence electrons. The number of nitrogens with zero attached hydrogens (tertiary/aromatic N) is 2.